The molecule has 3 amide bonds. The molecule has 12 radical (unpaired) electrons. The van der Waals surface area contributed by atoms with Gasteiger partial charge in [0, 0.05) is 16.8 Å². The minimum atomic E-state index is -3.07. The smallest absolute Gasteiger partial charge is 0.256 e. The second-order valence-corrected chi connectivity index (χ2v) is 6.63. The van der Waals surface area contributed by atoms with Crippen LogP contribution in [-0.2, 0) is 15.2 Å². The molecule has 2 aliphatic rings. The van der Waals surface area contributed by atoms with Crippen molar-refractivity contribution < 1.29 is 29.0 Å². The van der Waals surface area contributed by atoms with Crippen LogP contribution < -0.4 is 22.0 Å². The van der Waals surface area contributed by atoms with E-state index in [9.17, 15) is 29.0 Å². The quantitative estimate of drug-likeness (QED) is 0.222. The number of benzene rings is 1. The highest BCUT2D eigenvalue weighted by Gasteiger charge is 2.62. The number of hydrogen-bond acceptors (Lipinski definition) is 6. The van der Waals surface area contributed by atoms with Gasteiger partial charge in [0.15, 0.2) is 7.85 Å². The number of nitrogens with one attached hydrogen (secondary N) is 1. The van der Waals surface area contributed by atoms with Crippen molar-refractivity contribution in [2.75, 3.05) is 5.73 Å². The standard InChI is InChI=1S/C13H6B6FN3O5/c14-3-1-2(6(21)4(15)5(3)20)13(19,28)23(9(1)25)7-8(24)22-10(26)12(18,27)11(7,16)17/h7,27-28H,21H2,(H,22,24,26)/t7-,12?,13?/m1/s1. The Morgan fingerprint density at radius 3 is 2.14 bits per heavy atom. The topological polar surface area (TPSA) is 133 Å². The van der Waals surface area contributed by atoms with Gasteiger partial charge in [0.2, 0.25) is 11.8 Å². The van der Waals surface area contributed by atoms with Crippen LogP contribution in [0.4, 0.5) is 10.1 Å². The van der Waals surface area contributed by atoms with Crippen molar-refractivity contribution in [2.24, 2.45) is 0 Å². The molecule has 1 aromatic rings. The zero-order valence-electron chi connectivity index (χ0n) is 14.1. The zero-order chi connectivity index (χ0) is 21.6. The van der Waals surface area contributed by atoms with Crippen molar-refractivity contribution in [2.45, 2.75) is 22.4 Å². The number of nitrogens with two attached hydrogens (primary N) is 1. The van der Waals surface area contributed by atoms with Crippen LogP contribution >= 0.6 is 0 Å². The van der Waals surface area contributed by atoms with E-state index in [4.69, 9.17) is 52.8 Å². The van der Waals surface area contributed by atoms with E-state index in [1.807, 2.05) is 0 Å². The number of piperidine rings is 1. The van der Waals surface area contributed by atoms with Crippen molar-refractivity contribution in [1.29, 1.82) is 0 Å². The van der Waals surface area contributed by atoms with Crippen LogP contribution in [0, 0.1) is 5.82 Å². The molecule has 0 spiro atoms. The van der Waals surface area contributed by atoms with Crippen LogP contribution in [-0.4, -0.2) is 91.5 Å². The normalized spacial score (nSPS) is 31.6. The summed E-state index contributed by atoms with van der Waals surface area (Å²) in [5, 5.41) is 19.8. The number of nitrogens with zero attached hydrogens (tertiary/aromatic N) is 1. The summed E-state index contributed by atoms with van der Waals surface area (Å²) in [6.45, 7) is 0. The molecule has 5 N–H and O–H groups in total. The van der Waals surface area contributed by atoms with E-state index in [2.05, 4.69) is 0 Å². The number of imide groups is 1. The van der Waals surface area contributed by atoms with Gasteiger partial charge in [-0.25, -0.2) is 4.39 Å². The maximum Gasteiger partial charge on any atom is 0.256 e. The monoisotopic (exact) mass is 369 g/mol. The van der Waals surface area contributed by atoms with E-state index < -0.39 is 73.7 Å². The molecule has 2 heterocycles. The van der Waals surface area contributed by atoms with E-state index in [1.54, 1.807) is 5.32 Å². The average molecular weight is 368 g/mol. The molecule has 1 aromatic carbocycles. The maximum atomic E-state index is 14.2. The summed E-state index contributed by atoms with van der Waals surface area (Å²) in [5.74, 6) is -5.38. The Hall–Kier alpha value is -2.13. The second-order valence-electron chi connectivity index (χ2n) is 6.63. The molecule has 2 aliphatic heterocycles. The van der Waals surface area contributed by atoms with E-state index in [1.165, 1.54) is 0 Å². The number of carbonyl (C=O) groups is 3. The van der Waals surface area contributed by atoms with Crippen LogP contribution in [0.25, 0.3) is 0 Å². The van der Waals surface area contributed by atoms with Crippen molar-refractivity contribution in [3.8, 4) is 0 Å². The molecular weight excluding hydrogens is 362 g/mol. The number of anilines is 1. The Morgan fingerprint density at radius 1 is 1.07 bits per heavy atom. The first kappa shape index (κ1) is 20.6. The molecule has 0 bridgehead atoms. The van der Waals surface area contributed by atoms with Gasteiger partial charge < -0.3 is 20.8 Å². The van der Waals surface area contributed by atoms with E-state index >= 15 is 0 Å². The van der Waals surface area contributed by atoms with Crippen LogP contribution in [0.1, 0.15) is 15.9 Å². The Labute approximate surface area is 166 Å². The first-order valence-corrected chi connectivity index (χ1v) is 7.55. The number of halogens is 1. The molecule has 15 heteroatoms. The van der Waals surface area contributed by atoms with Crippen LogP contribution in [0.2, 0.25) is 5.21 Å². The highest BCUT2D eigenvalue weighted by atomic mass is 19.1. The zero-order valence-corrected chi connectivity index (χ0v) is 14.1. The summed E-state index contributed by atoms with van der Waals surface area (Å²) in [5.41, 5.74) is -3.79. The highest BCUT2D eigenvalue weighted by Crippen LogP contribution is 2.47. The summed E-state index contributed by atoms with van der Waals surface area (Å²) >= 11 is 0. The van der Waals surface area contributed by atoms with Gasteiger partial charge in [0.25, 0.3) is 5.91 Å². The minimum Gasteiger partial charge on any atom is -0.399 e. The molecule has 0 aliphatic carbocycles. The molecule has 28 heavy (non-hydrogen) atoms. The van der Waals surface area contributed by atoms with Crippen LogP contribution in [0.5, 0.6) is 0 Å². The maximum absolute atomic E-state index is 14.2. The predicted octanol–water partition coefficient (Wildman–Crippen LogP) is -5.94. The first-order valence-electron chi connectivity index (χ1n) is 7.55. The number of aliphatic hydroxyl groups is 2. The van der Waals surface area contributed by atoms with E-state index in [0.29, 0.717) is 0 Å². The SMILES string of the molecule is [B]c1c(N)c2c(c([B])c1F)C(=O)N([C@@H]1C(=O)NC(=O)C([B])(O)C1([B])[B])C2([B])O. The molecule has 0 saturated carbocycles. The number of amides is 3. The lowest BCUT2D eigenvalue weighted by molar-refractivity contribution is -0.153. The fourth-order valence-corrected chi connectivity index (χ4v) is 3.32. The Balaban J connectivity index is 2.29. The number of hydrogen-bond donors (Lipinski definition) is 4. The van der Waals surface area contributed by atoms with Crippen molar-refractivity contribution >= 4 is 81.4 Å². The number of carbonyl (C=O) groups excluding carboxylic acids is 3. The van der Waals surface area contributed by atoms with Crippen molar-refractivity contribution in [3.05, 3.63) is 16.9 Å². The summed E-state index contributed by atoms with van der Waals surface area (Å²) < 4.78 is 14.2. The van der Waals surface area contributed by atoms with Gasteiger partial charge >= 0.3 is 0 Å². The third-order valence-electron chi connectivity index (χ3n) is 4.92. The summed E-state index contributed by atoms with van der Waals surface area (Å²) in [6, 6.07) is -2.21. The third kappa shape index (κ3) is 2.23. The Kier molecular flexibility index (Phi) is 4.19. The lowest BCUT2D eigenvalue weighted by Gasteiger charge is -2.53. The van der Waals surface area contributed by atoms with Crippen LogP contribution in [0.15, 0.2) is 0 Å². The second kappa shape index (κ2) is 5.70. The lowest BCUT2D eigenvalue weighted by atomic mass is 9.36. The average Bonchev–Trinajstić information content (AvgIpc) is 2.77. The molecule has 2 unspecified atom stereocenters. The molecule has 1 saturated heterocycles. The Bertz CT molecular complexity index is 969. The van der Waals surface area contributed by atoms with Gasteiger partial charge in [-0.05, 0) is 16.1 Å². The van der Waals surface area contributed by atoms with E-state index in [-0.39, 0.29) is 4.90 Å². The molecule has 3 rings (SSSR count). The van der Waals surface area contributed by atoms with Crippen LogP contribution in [0.3, 0.4) is 0 Å². The van der Waals surface area contributed by atoms with Gasteiger partial charge in [-0.3, -0.25) is 19.7 Å². The predicted molar refractivity (Wildman–Crippen MR) is 99.3 cm³/mol. The fourth-order valence-electron chi connectivity index (χ4n) is 3.32. The van der Waals surface area contributed by atoms with E-state index in [0.717, 1.165) is 0 Å². The summed E-state index contributed by atoms with van der Waals surface area (Å²) in [4.78, 5) is 37.3. The highest BCUT2D eigenvalue weighted by molar-refractivity contribution is 6.52. The third-order valence-corrected chi connectivity index (χ3v) is 4.92. The van der Waals surface area contributed by atoms with Gasteiger partial charge in [-0.2, -0.15) is 0 Å². The fraction of sp³-hybridized carbons (Fsp3) is 0.308. The molecule has 8 nitrogen and oxygen atoms in total. The summed E-state index contributed by atoms with van der Waals surface area (Å²) in [6.07, 6.45) is 0. The number of rotatable bonds is 1. The number of fused-ring (bicyclic) bond motifs is 1. The lowest BCUT2D eigenvalue weighted by Crippen LogP contribution is -2.74. The first-order chi connectivity index (χ1) is 12.6. The van der Waals surface area contributed by atoms with Gasteiger partial charge in [-0.1, -0.05) is 0 Å². The largest absolute Gasteiger partial charge is 0.399 e. The molecule has 0 aromatic heterocycles. The number of nitrogen functional groups attached to an aromatic ring is 1. The molecule has 128 valence electrons. The van der Waals surface area contributed by atoms with Gasteiger partial charge in [0.1, 0.15) is 41.0 Å². The molecular formula is C13H6B6FN3O5. The van der Waals surface area contributed by atoms with Gasteiger partial charge in [-0.15, -0.1) is 0 Å². The molecule has 1 fully saturated rings. The minimum absolute atomic E-state index is 0.183. The molecule has 3 atom stereocenters. The van der Waals surface area contributed by atoms with Gasteiger partial charge in [0.05, 0.1) is 21.2 Å². The Morgan fingerprint density at radius 2 is 1.61 bits per heavy atom. The van der Waals surface area contributed by atoms with Crippen molar-refractivity contribution in [3.63, 3.8) is 0 Å². The summed E-state index contributed by atoms with van der Waals surface area (Å²) in [7, 11) is 33.7. The van der Waals surface area contributed by atoms with Crippen molar-refractivity contribution in [1.82, 2.24) is 10.2 Å².